The SMILES string of the molecule is CC(C)c1nc2n(n1)CCCC2N. The summed E-state index contributed by atoms with van der Waals surface area (Å²) in [6, 6.07) is 0.0914. The van der Waals surface area contributed by atoms with Gasteiger partial charge in [0.1, 0.15) is 5.82 Å². The second kappa shape index (κ2) is 3.10. The summed E-state index contributed by atoms with van der Waals surface area (Å²) in [7, 11) is 0. The summed E-state index contributed by atoms with van der Waals surface area (Å²) in [4.78, 5) is 4.46. The molecule has 0 saturated heterocycles. The molecule has 1 atom stereocenters. The first-order chi connectivity index (χ1) is 6.18. The van der Waals surface area contributed by atoms with Gasteiger partial charge < -0.3 is 5.73 Å². The zero-order valence-corrected chi connectivity index (χ0v) is 8.20. The van der Waals surface area contributed by atoms with Crippen molar-refractivity contribution in [1.29, 1.82) is 0 Å². The lowest BCUT2D eigenvalue weighted by Gasteiger charge is -2.17. The third-order valence-corrected chi connectivity index (χ3v) is 2.45. The third kappa shape index (κ3) is 1.46. The van der Waals surface area contributed by atoms with Gasteiger partial charge in [0.05, 0.1) is 6.04 Å². The number of aromatic nitrogens is 3. The number of aryl methyl sites for hydroxylation is 1. The van der Waals surface area contributed by atoms with E-state index in [1.165, 1.54) is 0 Å². The molecule has 0 spiro atoms. The van der Waals surface area contributed by atoms with Gasteiger partial charge in [-0.05, 0) is 12.8 Å². The lowest BCUT2D eigenvalue weighted by molar-refractivity contribution is 0.421. The summed E-state index contributed by atoms with van der Waals surface area (Å²) >= 11 is 0. The van der Waals surface area contributed by atoms with Gasteiger partial charge in [-0.1, -0.05) is 13.8 Å². The molecule has 0 aromatic carbocycles. The van der Waals surface area contributed by atoms with E-state index in [4.69, 9.17) is 5.73 Å². The molecule has 4 nitrogen and oxygen atoms in total. The van der Waals surface area contributed by atoms with Gasteiger partial charge in [0.25, 0.3) is 0 Å². The first-order valence-corrected chi connectivity index (χ1v) is 4.88. The summed E-state index contributed by atoms with van der Waals surface area (Å²) in [5.74, 6) is 2.28. The van der Waals surface area contributed by atoms with Gasteiger partial charge in [0, 0.05) is 12.5 Å². The largest absolute Gasteiger partial charge is 0.321 e. The van der Waals surface area contributed by atoms with Crippen molar-refractivity contribution < 1.29 is 0 Å². The van der Waals surface area contributed by atoms with Crippen LogP contribution < -0.4 is 5.73 Å². The Hall–Kier alpha value is -0.900. The molecule has 1 aromatic rings. The Morgan fingerprint density at radius 2 is 2.31 bits per heavy atom. The summed E-state index contributed by atoms with van der Waals surface area (Å²) in [6.45, 7) is 5.18. The fourth-order valence-corrected chi connectivity index (χ4v) is 1.65. The highest BCUT2D eigenvalue weighted by atomic mass is 15.4. The molecule has 1 aliphatic heterocycles. The van der Waals surface area contributed by atoms with Crippen molar-refractivity contribution in [3.63, 3.8) is 0 Å². The normalized spacial score (nSPS) is 22.0. The van der Waals surface area contributed by atoms with Crippen LogP contribution in [0.15, 0.2) is 0 Å². The van der Waals surface area contributed by atoms with E-state index in [0.717, 1.165) is 31.0 Å². The van der Waals surface area contributed by atoms with Gasteiger partial charge in [-0.2, -0.15) is 5.10 Å². The van der Waals surface area contributed by atoms with Crippen molar-refractivity contribution in [1.82, 2.24) is 14.8 Å². The minimum absolute atomic E-state index is 0.0914. The highest BCUT2D eigenvalue weighted by molar-refractivity contribution is 5.03. The summed E-state index contributed by atoms with van der Waals surface area (Å²) < 4.78 is 1.96. The molecular weight excluding hydrogens is 164 g/mol. The van der Waals surface area contributed by atoms with E-state index in [1.807, 2.05) is 4.68 Å². The van der Waals surface area contributed by atoms with Crippen LogP contribution in [0, 0.1) is 0 Å². The van der Waals surface area contributed by atoms with Crippen molar-refractivity contribution in [3.05, 3.63) is 11.6 Å². The van der Waals surface area contributed by atoms with Crippen molar-refractivity contribution in [2.24, 2.45) is 5.73 Å². The maximum atomic E-state index is 5.94. The van der Waals surface area contributed by atoms with Gasteiger partial charge in [-0.15, -0.1) is 0 Å². The molecular formula is C9H16N4. The van der Waals surface area contributed by atoms with E-state index in [-0.39, 0.29) is 6.04 Å². The Bertz CT molecular complexity index is 303. The number of nitrogens with zero attached hydrogens (tertiary/aromatic N) is 3. The zero-order chi connectivity index (χ0) is 9.42. The van der Waals surface area contributed by atoms with Crippen molar-refractivity contribution in [3.8, 4) is 0 Å². The van der Waals surface area contributed by atoms with Crippen LogP contribution in [0.2, 0.25) is 0 Å². The highest BCUT2D eigenvalue weighted by Crippen LogP contribution is 2.22. The van der Waals surface area contributed by atoms with Crippen LogP contribution in [0.5, 0.6) is 0 Å². The maximum Gasteiger partial charge on any atom is 0.153 e. The van der Waals surface area contributed by atoms with E-state index in [9.17, 15) is 0 Å². The van der Waals surface area contributed by atoms with Crippen molar-refractivity contribution in [2.75, 3.05) is 0 Å². The number of fused-ring (bicyclic) bond motifs is 1. The molecule has 13 heavy (non-hydrogen) atoms. The van der Waals surface area contributed by atoms with Crippen LogP contribution in [-0.4, -0.2) is 14.8 Å². The van der Waals surface area contributed by atoms with Crippen LogP contribution in [0.4, 0.5) is 0 Å². The van der Waals surface area contributed by atoms with Crippen LogP contribution in [0.25, 0.3) is 0 Å². The molecule has 0 saturated carbocycles. The molecule has 4 heteroatoms. The third-order valence-electron chi connectivity index (χ3n) is 2.45. The smallest absolute Gasteiger partial charge is 0.153 e. The second-order valence-electron chi connectivity index (χ2n) is 3.95. The Morgan fingerprint density at radius 3 is 2.92 bits per heavy atom. The molecule has 0 radical (unpaired) electrons. The van der Waals surface area contributed by atoms with E-state index >= 15 is 0 Å². The Labute approximate surface area is 78.1 Å². The van der Waals surface area contributed by atoms with Crippen LogP contribution in [0.1, 0.15) is 50.3 Å². The van der Waals surface area contributed by atoms with Crippen molar-refractivity contribution in [2.45, 2.75) is 45.2 Å². The lowest BCUT2D eigenvalue weighted by Crippen LogP contribution is -2.22. The molecule has 1 unspecified atom stereocenters. The Morgan fingerprint density at radius 1 is 1.54 bits per heavy atom. The molecule has 2 N–H and O–H groups in total. The molecule has 2 heterocycles. The molecule has 72 valence electrons. The predicted molar refractivity (Wildman–Crippen MR) is 50.3 cm³/mol. The first-order valence-electron chi connectivity index (χ1n) is 4.88. The molecule has 0 fully saturated rings. The fraction of sp³-hybridized carbons (Fsp3) is 0.778. The second-order valence-corrected chi connectivity index (χ2v) is 3.95. The first kappa shape index (κ1) is 8.69. The molecule has 0 bridgehead atoms. The van der Waals surface area contributed by atoms with Gasteiger partial charge in [0.2, 0.25) is 0 Å². The fourth-order valence-electron chi connectivity index (χ4n) is 1.65. The Kier molecular flexibility index (Phi) is 2.07. The van der Waals surface area contributed by atoms with Gasteiger partial charge in [0.15, 0.2) is 5.82 Å². The molecule has 0 amide bonds. The van der Waals surface area contributed by atoms with Crippen LogP contribution in [-0.2, 0) is 6.54 Å². The average Bonchev–Trinajstić information content (AvgIpc) is 2.49. The maximum absolute atomic E-state index is 5.94. The number of hydrogen-bond acceptors (Lipinski definition) is 3. The standard InChI is InChI=1S/C9H16N4/c1-6(2)8-11-9-7(10)4-3-5-13(9)12-8/h6-7H,3-5,10H2,1-2H3. The van der Waals surface area contributed by atoms with Gasteiger partial charge in [-0.25, -0.2) is 9.67 Å². The van der Waals surface area contributed by atoms with E-state index < -0.39 is 0 Å². The number of nitrogens with two attached hydrogens (primary N) is 1. The summed E-state index contributed by atoms with van der Waals surface area (Å²) in [6.07, 6.45) is 2.16. The van der Waals surface area contributed by atoms with Crippen molar-refractivity contribution >= 4 is 0 Å². The molecule has 1 aliphatic rings. The summed E-state index contributed by atoms with van der Waals surface area (Å²) in [5, 5.41) is 4.43. The average molecular weight is 180 g/mol. The molecule has 1 aromatic heterocycles. The minimum atomic E-state index is 0.0914. The van der Waals surface area contributed by atoms with Crippen LogP contribution in [0.3, 0.4) is 0 Å². The summed E-state index contributed by atoms with van der Waals surface area (Å²) in [5.41, 5.74) is 5.94. The van der Waals surface area contributed by atoms with E-state index in [0.29, 0.717) is 5.92 Å². The topological polar surface area (TPSA) is 56.7 Å². The quantitative estimate of drug-likeness (QED) is 0.706. The van der Waals surface area contributed by atoms with E-state index in [1.54, 1.807) is 0 Å². The number of hydrogen-bond donors (Lipinski definition) is 1. The van der Waals surface area contributed by atoms with Crippen LogP contribution >= 0.6 is 0 Å². The highest BCUT2D eigenvalue weighted by Gasteiger charge is 2.21. The minimum Gasteiger partial charge on any atom is -0.321 e. The van der Waals surface area contributed by atoms with Gasteiger partial charge in [-0.3, -0.25) is 0 Å². The zero-order valence-electron chi connectivity index (χ0n) is 8.20. The lowest BCUT2D eigenvalue weighted by atomic mass is 10.1. The Balaban J connectivity index is 2.36. The van der Waals surface area contributed by atoms with Gasteiger partial charge >= 0.3 is 0 Å². The molecule has 0 aliphatic carbocycles. The number of rotatable bonds is 1. The predicted octanol–water partition coefficient (Wildman–Crippen LogP) is 1.20. The molecule has 2 rings (SSSR count). The van der Waals surface area contributed by atoms with E-state index in [2.05, 4.69) is 23.9 Å². The monoisotopic (exact) mass is 180 g/mol.